The van der Waals surface area contributed by atoms with Crippen LogP contribution < -0.4 is 5.73 Å². The fourth-order valence-electron chi connectivity index (χ4n) is 1.21. The summed E-state index contributed by atoms with van der Waals surface area (Å²) in [7, 11) is 1.59. The Labute approximate surface area is 111 Å². The maximum Gasteiger partial charge on any atom is 0.339 e. The van der Waals surface area contributed by atoms with Gasteiger partial charge in [0.15, 0.2) is 0 Å². The highest BCUT2D eigenvalue weighted by Gasteiger charge is 2.11. The average Bonchev–Trinajstić information content (AvgIpc) is 2.36. The summed E-state index contributed by atoms with van der Waals surface area (Å²) in [5.74, 6) is -0.511. The summed E-state index contributed by atoms with van der Waals surface area (Å²) in [6, 6.07) is 4.66. The van der Waals surface area contributed by atoms with Crippen LogP contribution in [0.1, 0.15) is 10.4 Å². The van der Waals surface area contributed by atoms with Gasteiger partial charge in [0, 0.05) is 12.8 Å². The minimum atomic E-state index is -0.511. The normalized spacial score (nSPS) is 10.3. The van der Waals surface area contributed by atoms with Crippen molar-refractivity contribution in [3.8, 4) is 0 Å². The van der Waals surface area contributed by atoms with E-state index in [9.17, 15) is 4.79 Å². The molecule has 0 aliphatic rings. The van der Waals surface area contributed by atoms with Crippen LogP contribution in [-0.4, -0.2) is 39.5 Å². The number of benzene rings is 1. The molecule has 0 saturated heterocycles. The molecule has 2 N–H and O–H groups in total. The van der Waals surface area contributed by atoms with Crippen LogP contribution in [0.2, 0.25) is 5.02 Å². The van der Waals surface area contributed by atoms with Crippen LogP contribution in [0, 0.1) is 0 Å². The van der Waals surface area contributed by atoms with E-state index < -0.39 is 5.97 Å². The van der Waals surface area contributed by atoms with Crippen molar-refractivity contribution in [2.75, 3.05) is 39.3 Å². The van der Waals surface area contributed by atoms with Gasteiger partial charge >= 0.3 is 5.97 Å². The standard InChI is InChI=1S/C12H16ClNO4/c1-16-4-5-17-6-7-18-12(15)10-8-9(14)2-3-11(10)13/h2-3,8H,4-7,14H2,1H3. The third kappa shape index (κ3) is 4.91. The third-order valence-corrected chi connectivity index (χ3v) is 2.43. The minimum Gasteiger partial charge on any atom is -0.460 e. The summed E-state index contributed by atoms with van der Waals surface area (Å²) in [4.78, 5) is 11.7. The molecule has 0 aliphatic carbocycles. The lowest BCUT2D eigenvalue weighted by Gasteiger charge is -2.07. The van der Waals surface area contributed by atoms with Gasteiger partial charge in [-0.1, -0.05) is 11.6 Å². The van der Waals surface area contributed by atoms with Gasteiger partial charge in [-0.3, -0.25) is 0 Å². The first-order chi connectivity index (χ1) is 8.65. The summed E-state index contributed by atoms with van der Waals surface area (Å²) >= 11 is 5.87. The van der Waals surface area contributed by atoms with Crippen LogP contribution in [0.15, 0.2) is 18.2 Å². The Bertz CT molecular complexity index is 398. The first-order valence-electron chi connectivity index (χ1n) is 5.44. The fraction of sp³-hybridized carbons (Fsp3) is 0.417. The Hall–Kier alpha value is -1.30. The van der Waals surface area contributed by atoms with Crippen LogP contribution in [0.3, 0.4) is 0 Å². The number of halogens is 1. The number of nitrogens with two attached hydrogens (primary N) is 1. The molecule has 1 aromatic carbocycles. The molecule has 0 heterocycles. The van der Waals surface area contributed by atoms with Crippen molar-refractivity contribution in [1.29, 1.82) is 0 Å². The van der Waals surface area contributed by atoms with E-state index in [1.54, 1.807) is 19.2 Å². The molecule has 0 bridgehead atoms. The van der Waals surface area contributed by atoms with E-state index >= 15 is 0 Å². The second-order valence-corrected chi connectivity index (χ2v) is 3.89. The zero-order valence-electron chi connectivity index (χ0n) is 10.1. The number of hydrogen-bond donors (Lipinski definition) is 1. The van der Waals surface area contributed by atoms with Crippen LogP contribution in [0.4, 0.5) is 5.69 Å². The number of ether oxygens (including phenoxy) is 3. The summed E-state index contributed by atoms with van der Waals surface area (Å²) in [6.45, 7) is 1.45. The summed E-state index contributed by atoms with van der Waals surface area (Å²) < 4.78 is 15.0. The van der Waals surface area contributed by atoms with Crippen molar-refractivity contribution in [1.82, 2.24) is 0 Å². The van der Waals surface area contributed by atoms with Gasteiger partial charge in [-0.15, -0.1) is 0 Å². The molecule has 0 radical (unpaired) electrons. The Morgan fingerprint density at radius 3 is 2.72 bits per heavy atom. The van der Waals surface area contributed by atoms with Gasteiger partial charge in [-0.25, -0.2) is 4.79 Å². The Kier molecular flexibility index (Phi) is 6.49. The highest BCUT2D eigenvalue weighted by Crippen LogP contribution is 2.19. The second kappa shape index (κ2) is 7.92. The van der Waals surface area contributed by atoms with Crippen molar-refractivity contribution in [2.45, 2.75) is 0 Å². The number of carbonyl (C=O) groups excluding carboxylic acids is 1. The molecule has 0 saturated carbocycles. The maximum atomic E-state index is 11.7. The van der Waals surface area contributed by atoms with E-state index in [4.69, 9.17) is 31.5 Å². The van der Waals surface area contributed by atoms with Crippen LogP contribution >= 0.6 is 11.6 Å². The number of anilines is 1. The molecule has 1 aromatic rings. The highest BCUT2D eigenvalue weighted by molar-refractivity contribution is 6.33. The van der Waals surface area contributed by atoms with E-state index in [-0.39, 0.29) is 12.2 Å². The van der Waals surface area contributed by atoms with Crippen molar-refractivity contribution in [2.24, 2.45) is 0 Å². The van der Waals surface area contributed by atoms with Crippen LogP contribution in [0.5, 0.6) is 0 Å². The molecule has 0 aromatic heterocycles. The molecule has 6 heteroatoms. The molecule has 0 unspecified atom stereocenters. The van der Waals surface area contributed by atoms with Gasteiger partial charge in [-0.2, -0.15) is 0 Å². The zero-order valence-corrected chi connectivity index (χ0v) is 10.9. The third-order valence-electron chi connectivity index (χ3n) is 2.10. The number of hydrogen-bond acceptors (Lipinski definition) is 5. The molecule has 5 nitrogen and oxygen atoms in total. The average molecular weight is 274 g/mol. The minimum absolute atomic E-state index is 0.160. The van der Waals surface area contributed by atoms with E-state index in [0.717, 1.165) is 0 Å². The zero-order chi connectivity index (χ0) is 13.4. The molecular formula is C12H16ClNO4. The van der Waals surface area contributed by atoms with Gasteiger partial charge in [0.05, 0.1) is 30.4 Å². The predicted molar refractivity (Wildman–Crippen MR) is 68.8 cm³/mol. The van der Waals surface area contributed by atoms with E-state index in [0.29, 0.717) is 30.5 Å². The van der Waals surface area contributed by atoms with Crippen molar-refractivity contribution in [3.63, 3.8) is 0 Å². The predicted octanol–water partition coefficient (Wildman–Crippen LogP) is 1.74. The smallest absolute Gasteiger partial charge is 0.339 e. The lowest BCUT2D eigenvalue weighted by molar-refractivity contribution is 0.0214. The number of methoxy groups -OCH3 is 1. The van der Waals surface area contributed by atoms with Gasteiger partial charge in [0.1, 0.15) is 6.61 Å². The summed E-state index contributed by atoms with van der Waals surface area (Å²) in [6.07, 6.45) is 0. The highest BCUT2D eigenvalue weighted by atomic mass is 35.5. The molecule has 1 rings (SSSR count). The second-order valence-electron chi connectivity index (χ2n) is 3.48. The first-order valence-corrected chi connectivity index (χ1v) is 5.81. The van der Waals surface area contributed by atoms with Crippen LogP contribution in [-0.2, 0) is 14.2 Å². The number of carbonyl (C=O) groups is 1. The molecule has 100 valence electrons. The number of nitrogen functional groups attached to an aromatic ring is 1. The molecule has 0 aliphatic heterocycles. The largest absolute Gasteiger partial charge is 0.460 e. The topological polar surface area (TPSA) is 70.8 Å². The Morgan fingerprint density at radius 2 is 2.00 bits per heavy atom. The molecule has 0 amide bonds. The van der Waals surface area contributed by atoms with Gasteiger partial charge < -0.3 is 19.9 Å². The lowest BCUT2D eigenvalue weighted by atomic mass is 10.2. The van der Waals surface area contributed by atoms with Crippen molar-refractivity contribution in [3.05, 3.63) is 28.8 Å². The molecule has 18 heavy (non-hydrogen) atoms. The Morgan fingerprint density at radius 1 is 1.28 bits per heavy atom. The molecule has 0 spiro atoms. The van der Waals surface area contributed by atoms with Crippen molar-refractivity contribution < 1.29 is 19.0 Å². The van der Waals surface area contributed by atoms with Gasteiger partial charge in [0.25, 0.3) is 0 Å². The SMILES string of the molecule is COCCOCCOC(=O)c1cc(N)ccc1Cl. The summed E-state index contributed by atoms with van der Waals surface area (Å²) in [5, 5.41) is 0.314. The van der Waals surface area contributed by atoms with E-state index in [2.05, 4.69) is 0 Å². The molecule has 0 atom stereocenters. The monoisotopic (exact) mass is 273 g/mol. The quantitative estimate of drug-likeness (QED) is 0.465. The number of esters is 1. The first kappa shape index (κ1) is 14.8. The number of rotatable bonds is 7. The van der Waals surface area contributed by atoms with E-state index in [1.807, 2.05) is 0 Å². The Balaban J connectivity index is 2.34. The van der Waals surface area contributed by atoms with Crippen molar-refractivity contribution >= 4 is 23.3 Å². The molecular weight excluding hydrogens is 258 g/mol. The van der Waals surface area contributed by atoms with E-state index in [1.165, 1.54) is 6.07 Å². The van der Waals surface area contributed by atoms with Crippen LogP contribution in [0.25, 0.3) is 0 Å². The molecule has 0 fully saturated rings. The van der Waals surface area contributed by atoms with Gasteiger partial charge in [-0.05, 0) is 18.2 Å². The maximum absolute atomic E-state index is 11.7. The van der Waals surface area contributed by atoms with Gasteiger partial charge in [0.2, 0.25) is 0 Å². The lowest BCUT2D eigenvalue weighted by Crippen LogP contribution is -2.13. The fourth-order valence-corrected chi connectivity index (χ4v) is 1.41. The summed E-state index contributed by atoms with van der Waals surface area (Å²) in [5.41, 5.74) is 6.29.